The maximum Gasteiger partial charge on any atom is 0.142 e. The molecule has 0 bridgehead atoms. The Morgan fingerprint density at radius 1 is 1.14 bits per heavy atom. The monoisotopic (exact) mass is 301 g/mol. The molecule has 2 nitrogen and oxygen atoms in total. The van der Waals surface area contributed by atoms with Crippen LogP contribution in [0.4, 0.5) is 0 Å². The minimum Gasteiger partial charge on any atom is -0.487 e. The normalized spacial score (nSPS) is 14.2. The zero-order valence-corrected chi connectivity index (χ0v) is 13.0. The molecule has 2 aromatic carbocycles. The van der Waals surface area contributed by atoms with Gasteiger partial charge in [0.2, 0.25) is 0 Å². The van der Waals surface area contributed by atoms with Gasteiger partial charge in [0.15, 0.2) is 0 Å². The van der Waals surface area contributed by atoms with Gasteiger partial charge in [-0.15, -0.1) is 0 Å². The summed E-state index contributed by atoms with van der Waals surface area (Å²) in [5.41, 5.74) is 3.54. The average molecular weight is 302 g/mol. The van der Waals surface area contributed by atoms with Crippen molar-refractivity contribution >= 4 is 11.6 Å². The third-order valence-corrected chi connectivity index (χ3v) is 4.01. The highest BCUT2D eigenvalue weighted by atomic mass is 35.5. The van der Waals surface area contributed by atoms with E-state index < -0.39 is 0 Å². The van der Waals surface area contributed by atoms with Gasteiger partial charge in [0.25, 0.3) is 0 Å². The molecule has 0 heterocycles. The number of aryl methyl sites for hydroxylation is 1. The van der Waals surface area contributed by atoms with Crippen LogP contribution in [0.15, 0.2) is 42.5 Å². The molecule has 3 rings (SSSR count). The van der Waals surface area contributed by atoms with E-state index in [9.17, 15) is 0 Å². The van der Waals surface area contributed by atoms with Gasteiger partial charge in [-0.2, -0.15) is 0 Å². The van der Waals surface area contributed by atoms with Crippen LogP contribution in [-0.4, -0.2) is 6.04 Å². The van der Waals surface area contributed by atoms with Gasteiger partial charge in [0.1, 0.15) is 12.4 Å². The third-order valence-electron chi connectivity index (χ3n) is 3.71. The first kappa shape index (κ1) is 14.4. The van der Waals surface area contributed by atoms with E-state index in [1.165, 1.54) is 18.4 Å². The number of ether oxygens (including phenoxy) is 1. The van der Waals surface area contributed by atoms with Crippen molar-refractivity contribution in [2.24, 2.45) is 0 Å². The number of nitrogens with one attached hydrogen (secondary N) is 1. The Morgan fingerprint density at radius 2 is 1.90 bits per heavy atom. The van der Waals surface area contributed by atoms with Gasteiger partial charge in [-0.3, -0.25) is 0 Å². The lowest BCUT2D eigenvalue weighted by molar-refractivity contribution is 0.302. The quantitative estimate of drug-likeness (QED) is 0.849. The van der Waals surface area contributed by atoms with Gasteiger partial charge in [0, 0.05) is 18.2 Å². The van der Waals surface area contributed by atoms with E-state index in [1.807, 2.05) is 12.1 Å². The SMILES string of the molecule is Cc1ccc(COc2c(Cl)cccc2CNC2CC2)cc1. The smallest absolute Gasteiger partial charge is 0.142 e. The number of halogens is 1. The average Bonchev–Trinajstić information content (AvgIpc) is 3.30. The maximum atomic E-state index is 6.30. The zero-order valence-electron chi connectivity index (χ0n) is 12.2. The molecule has 110 valence electrons. The highest BCUT2D eigenvalue weighted by Gasteiger charge is 2.21. The van der Waals surface area contributed by atoms with Crippen LogP contribution in [-0.2, 0) is 13.2 Å². The first-order chi connectivity index (χ1) is 10.2. The minimum atomic E-state index is 0.542. The number of hydrogen-bond donors (Lipinski definition) is 1. The highest BCUT2D eigenvalue weighted by molar-refractivity contribution is 6.32. The van der Waals surface area contributed by atoms with E-state index in [4.69, 9.17) is 16.3 Å². The second-order valence-electron chi connectivity index (χ2n) is 5.66. The van der Waals surface area contributed by atoms with Crippen LogP contribution >= 0.6 is 11.6 Å². The van der Waals surface area contributed by atoms with Crippen LogP contribution in [0.3, 0.4) is 0 Å². The minimum absolute atomic E-state index is 0.542. The lowest BCUT2D eigenvalue weighted by Crippen LogP contribution is -2.16. The second kappa shape index (κ2) is 6.50. The molecule has 0 aliphatic heterocycles. The number of para-hydroxylation sites is 1. The Morgan fingerprint density at radius 3 is 2.62 bits per heavy atom. The van der Waals surface area contributed by atoms with E-state index >= 15 is 0 Å². The molecule has 0 unspecified atom stereocenters. The van der Waals surface area contributed by atoms with Gasteiger partial charge in [-0.25, -0.2) is 0 Å². The molecule has 0 radical (unpaired) electrons. The topological polar surface area (TPSA) is 21.3 Å². The van der Waals surface area contributed by atoms with E-state index in [-0.39, 0.29) is 0 Å². The van der Waals surface area contributed by atoms with Gasteiger partial charge in [0.05, 0.1) is 5.02 Å². The van der Waals surface area contributed by atoms with Crippen molar-refractivity contribution in [3.8, 4) is 5.75 Å². The van der Waals surface area contributed by atoms with E-state index in [1.54, 1.807) is 0 Å². The molecule has 1 fully saturated rings. The fraction of sp³-hybridized carbons (Fsp3) is 0.333. The Labute approximate surface area is 131 Å². The summed E-state index contributed by atoms with van der Waals surface area (Å²) in [7, 11) is 0. The number of benzene rings is 2. The Bertz CT molecular complexity index is 605. The summed E-state index contributed by atoms with van der Waals surface area (Å²) < 4.78 is 5.97. The molecular weight excluding hydrogens is 282 g/mol. The zero-order chi connectivity index (χ0) is 14.7. The molecule has 0 spiro atoms. The lowest BCUT2D eigenvalue weighted by Gasteiger charge is -2.14. The van der Waals surface area contributed by atoms with Gasteiger partial charge in [-0.05, 0) is 31.4 Å². The van der Waals surface area contributed by atoms with Crippen molar-refractivity contribution in [2.75, 3.05) is 0 Å². The molecule has 0 aromatic heterocycles. The van der Waals surface area contributed by atoms with Crippen LogP contribution in [0.2, 0.25) is 5.02 Å². The summed E-state index contributed by atoms with van der Waals surface area (Å²) in [5, 5.41) is 4.19. The Balaban J connectivity index is 1.69. The Hall–Kier alpha value is -1.51. The molecule has 0 atom stereocenters. The van der Waals surface area contributed by atoms with E-state index in [0.29, 0.717) is 17.7 Å². The van der Waals surface area contributed by atoms with E-state index in [2.05, 4.69) is 42.6 Å². The van der Waals surface area contributed by atoms with Crippen molar-refractivity contribution in [3.63, 3.8) is 0 Å². The summed E-state index contributed by atoms with van der Waals surface area (Å²) in [6, 6.07) is 15.0. The van der Waals surface area contributed by atoms with E-state index in [0.717, 1.165) is 23.4 Å². The predicted molar refractivity (Wildman–Crippen MR) is 86.8 cm³/mol. The first-order valence-electron chi connectivity index (χ1n) is 7.41. The standard InChI is InChI=1S/C18H20ClNO/c1-13-5-7-14(8-6-13)12-21-18-15(3-2-4-17(18)19)11-20-16-9-10-16/h2-8,16,20H,9-12H2,1H3. The third kappa shape index (κ3) is 3.99. The van der Waals surface area contributed by atoms with Crippen molar-refractivity contribution in [2.45, 2.75) is 39.0 Å². The van der Waals surface area contributed by atoms with Crippen LogP contribution < -0.4 is 10.1 Å². The predicted octanol–water partition coefficient (Wildman–Crippen LogP) is 4.48. The first-order valence-corrected chi connectivity index (χ1v) is 7.79. The molecule has 0 saturated heterocycles. The second-order valence-corrected chi connectivity index (χ2v) is 6.06. The molecule has 2 aromatic rings. The fourth-order valence-corrected chi connectivity index (χ4v) is 2.48. The molecule has 1 saturated carbocycles. The maximum absolute atomic E-state index is 6.30. The summed E-state index contributed by atoms with van der Waals surface area (Å²) in [6.07, 6.45) is 2.56. The van der Waals surface area contributed by atoms with Crippen molar-refractivity contribution in [1.82, 2.24) is 5.32 Å². The summed E-state index contributed by atoms with van der Waals surface area (Å²) in [4.78, 5) is 0. The van der Waals surface area contributed by atoms with Gasteiger partial charge in [-0.1, -0.05) is 53.6 Å². The molecular formula is C18H20ClNO. The van der Waals surface area contributed by atoms with Crippen LogP contribution in [0.25, 0.3) is 0 Å². The van der Waals surface area contributed by atoms with Crippen LogP contribution in [0.1, 0.15) is 29.5 Å². The number of rotatable bonds is 6. The summed E-state index contributed by atoms with van der Waals surface area (Å²) >= 11 is 6.30. The highest BCUT2D eigenvalue weighted by Crippen LogP contribution is 2.30. The van der Waals surface area contributed by atoms with Crippen LogP contribution in [0.5, 0.6) is 5.75 Å². The molecule has 1 N–H and O–H groups in total. The van der Waals surface area contributed by atoms with Crippen molar-refractivity contribution in [1.29, 1.82) is 0 Å². The van der Waals surface area contributed by atoms with Crippen molar-refractivity contribution in [3.05, 3.63) is 64.2 Å². The van der Waals surface area contributed by atoms with Gasteiger partial charge >= 0.3 is 0 Å². The molecule has 0 amide bonds. The fourth-order valence-electron chi connectivity index (χ4n) is 2.24. The summed E-state index contributed by atoms with van der Waals surface area (Å²) in [5.74, 6) is 0.799. The number of hydrogen-bond acceptors (Lipinski definition) is 2. The largest absolute Gasteiger partial charge is 0.487 e. The molecule has 1 aliphatic rings. The molecule has 3 heteroatoms. The molecule has 21 heavy (non-hydrogen) atoms. The van der Waals surface area contributed by atoms with Crippen molar-refractivity contribution < 1.29 is 4.74 Å². The van der Waals surface area contributed by atoms with Gasteiger partial charge < -0.3 is 10.1 Å². The lowest BCUT2D eigenvalue weighted by atomic mass is 10.1. The molecule has 1 aliphatic carbocycles. The van der Waals surface area contributed by atoms with Crippen LogP contribution in [0, 0.1) is 6.92 Å². The summed E-state index contributed by atoms with van der Waals surface area (Å²) in [6.45, 7) is 3.44. The Kier molecular flexibility index (Phi) is 4.47.